The molecule has 0 amide bonds. The van der Waals surface area contributed by atoms with Crippen molar-refractivity contribution in [1.82, 2.24) is 0 Å². The van der Waals surface area contributed by atoms with Gasteiger partial charge in [-0.15, -0.1) is 5.92 Å². The average molecular weight is 386 g/mol. The van der Waals surface area contributed by atoms with Crippen molar-refractivity contribution in [3.8, 4) is 17.6 Å². The molecule has 2 aromatic carbocycles. The molecule has 2 aliphatic rings. The zero-order valence-corrected chi connectivity index (χ0v) is 16.5. The van der Waals surface area contributed by atoms with Crippen LogP contribution >= 0.6 is 0 Å². The lowest BCUT2D eigenvalue weighted by Crippen LogP contribution is -2.24. The Hall–Kier alpha value is -3.32. The van der Waals surface area contributed by atoms with Gasteiger partial charge in [0.05, 0.1) is 18.2 Å². The highest BCUT2D eigenvalue weighted by Crippen LogP contribution is 2.48. The number of rotatable bonds is 4. The Kier molecular flexibility index (Phi) is 5.22. The van der Waals surface area contributed by atoms with Crippen molar-refractivity contribution in [1.29, 1.82) is 0 Å². The number of esters is 1. The molecule has 4 rings (SSSR count). The lowest BCUT2D eigenvalue weighted by Gasteiger charge is -2.26. The molecule has 2 bridgehead atoms. The normalized spacial score (nSPS) is 20.1. The summed E-state index contributed by atoms with van der Waals surface area (Å²) in [7, 11) is 1.57. The molecule has 0 radical (unpaired) electrons. The Morgan fingerprint density at radius 1 is 1.07 bits per heavy atom. The summed E-state index contributed by atoms with van der Waals surface area (Å²) in [6.45, 7) is 1.77. The molecule has 0 aromatic heterocycles. The first kappa shape index (κ1) is 19.0. The topological polar surface area (TPSA) is 52.6 Å². The van der Waals surface area contributed by atoms with Gasteiger partial charge < -0.3 is 9.47 Å². The molecule has 2 aliphatic carbocycles. The SMILES string of the molecule is CC#Cc1ccc(C2=C(OC(=O)c3ccccc3)C3CCC(C3)C2=O)c(OC)c1. The fourth-order valence-corrected chi connectivity index (χ4v) is 4.24. The molecular weight excluding hydrogens is 364 g/mol. The van der Waals surface area contributed by atoms with Crippen molar-refractivity contribution in [3.63, 3.8) is 0 Å². The molecule has 0 N–H and O–H groups in total. The van der Waals surface area contributed by atoms with Gasteiger partial charge >= 0.3 is 5.97 Å². The second-order valence-corrected chi connectivity index (χ2v) is 7.36. The largest absolute Gasteiger partial charge is 0.496 e. The van der Waals surface area contributed by atoms with E-state index in [2.05, 4.69) is 11.8 Å². The quantitative estimate of drug-likeness (QED) is 0.568. The highest BCUT2D eigenvalue weighted by atomic mass is 16.5. The maximum absolute atomic E-state index is 13.3. The number of benzene rings is 2. The lowest BCUT2D eigenvalue weighted by atomic mass is 9.82. The van der Waals surface area contributed by atoms with Crippen LogP contribution in [0.5, 0.6) is 5.75 Å². The van der Waals surface area contributed by atoms with Gasteiger partial charge in [0.1, 0.15) is 11.5 Å². The van der Waals surface area contributed by atoms with E-state index in [1.807, 2.05) is 24.3 Å². The highest BCUT2D eigenvalue weighted by molar-refractivity contribution is 6.24. The van der Waals surface area contributed by atoms with Gasteiger partial charge in [0, 0.05) is 23.0 Å². The van der Waals surface area contributed by atoms with Crippen molar-refractivity contribution in [2.24, 2.45) is 11.8 Å². The summed E-state index contributed by atoms with van der Waals surface area (Å²) in [5, 5.41) is 0. The zero-order valence-electron chi connectivity index (χ0n) is 16.5. The van der Waals surface area contributed by atoms with E-state index in [1.54, 1.807) is 38.3 Å². The van der Waals surface area contributed by atoms with Gasteiger partial charge in [0.25, 0.3) is 0 Å². The first-order chi connectivity index (χ1) is 14.1. The van der Waals surface area contributed by atoms with Gasteiger partial charge in [0.2, 0.25) is 0 Å². The van der Waals surface area contributed by atoms with Crippen LogP contribution in [-0.2, 0) is 9.53 Å². The van der Waals surface area contributed by atoms with Crippen molar-refractivity contribution in [2.45, 2.75) is 26.2 Å². The fraction of sp³-hybridized carbons (Fsp3) is 0.280. The molecule has 0 spiro atoms. The minimum Gasteiger partial charge on any atom is -0.496 e. The Morgan fingerprint density at radius 3 is 2.55 bits per heavy atom. The van der Waals surface area contributed by atoms with Gasteiger partial charge in [-0.2, -0.15) is 0 Å². The maximum Gasteiger partial charge on any atom is 0.343 e. The Balaban J connectivity index is 1.82. The molecule has 1 saturated carbocycles. The highest BCUT2D eigenvalue weighted by Gasteiger charge is 2.43. The van der Waals surface area contributed by atoms with E-state index in [9.17, 15) is 9.59 Å². The average Bonchev–Trinajstić information content (AvgIpc) is 3.20. The number of fused-ring (bicyclic) bond motifs is 2. The molecule has 146 valence electrons. The Morgan fingerprint density at radius 2 is 1.83 bits per heavy atom. The van der Waals surface area contributed by atoms with Gasteiger partial charge in [-0.05, 0) is 56.5 Å². The van der Waals surface area contributed by atoms with E-state index >= 15 is 0 Å². The number of carbonyl (C=O) groups excluding carboxylic acids is 2. The van der Waals surface area contributed by atoms with Crippen molar-refractivity contribution in [2.75, 3.05) is 7.11 Å². The fourth-order valence-electron chi connectivity index (χ4n) is 4.24. The lowest BCUT2D eigenvalue weighted by molar-refractivity contribution is -0.117. The predicted molar refractivity (Wildman–Crippen MR) is 110 cm³/mol. The van der Waals surface area contributed by atoms with E-state index < -0.39 is 5.97 Å². The predicted octanol–water partition coefficient (Wildman–Crippen LogP) is 4.63. The zero-order chi connectivity index (χ0) is 20.4. The number of allylic oxidation sites excluding steroid dienone is 2. The Labute approximate surface area is 170 Å². The van der Waals surface area contributed by atoms with Crippen LogP contribution in [0.2, 0.25) is 0 Å². The minimum absolute atomic E-state index is 0.0195. The molecule has 2 atom stereocenters. The van der Waals surface area contributed by atoms with Gasteiger partial charge in [0.15, 0.2) is 5.78 Å². The van der Waals surface area contributed by atoms with E-state index in [4.69, 9.17) is 9.47 Å². The molecule has 2 aromatic rings. The van der Waals surface area contributed by atoms with Gasteiger partial charge in [-0.1, -0.05) is 24.1 Å². The monoisotopic (exact) mass is 386 g/mol. The first-order valence-corrected chi connectivity index (χ1v) is 9.79. The summed E-state index contributed by atoms with van der Waals surface area (Å²) >= 11 is 0. The Bertz CT molecular complexity index is 1050. The number of carbonyl (C=O) groups is 2. The van der Waals surface area contributed by atoms with Crippen molar-refractivity contribution >= 4 is 17.3 Å². The third kappa shape index (κ3) is 3.56. The van der Waals surface area contributed by atoms with E-state index in [-0.39, 0.29) is 17.6 Å². The van der Waals surface area contributed by atoms with E-state index in [1.165, 1.54) is 0 Å². The number of Topliss-reactive ketones (excluding diaryl/α,β-unsaturated/α-hetero) is 1. The van der Waals surface area contributed by atoms with Crippen LogP contribution in [-0.4, -0.2) is 18.9 Å². The molecule has 2 unspecified atom stereocenters. The number of ketones is 1. The molecule has 4 heteroatoms. The number of ether oxygens (including phenoxy) is 2. The van der Waals surface area contributed by atoms with Crippen LogP contribution in [0.25, 0.3) is 5.57 Å². The molecule has 1 fully saturated rings. The smallest absolute Gasteiger partial charge is 0.343 e. The number of hydrogen-bond acceptors (Lipinski definition) is 4. The van der Waals surface area contributed by atoms with Crippen LogP contribution in [0.3, 0.4) is 0 Å². The van der Waals surface area contributed by atoms with Crippen molar-refractivity contribution < 1.29 is 19.1 Å². The van der Waals surface area contributed by atoms with Crippen LogP contribution in [0, 0.1) is 23.7 Å². The van der Waals surface area contributed by atoms with Crippen molar-refractivity contribution in [3.05, 3.63) is 71.0 Å². The summed E-state index contributed by atoms with van der Waals surface area (Å²) in [6, 6.07) is 14.4. The molecule has 4 nitrogen and oxygen atoms in total. The molecule has 0 aliphatic heterocycles. The van der Waals surface area contributed by atoms with E-state index in [0.717, 1.165) is 24.8 Å². The summed E-state index contributed by atoms with van der Waals surface area (Å²) in [4.78, 5) is 26.0. The summed E-state index contributed by atoms with van der Waals surface area (Å²) in [6.07, 6.45) is 2.40. The van der Waals surface area contributed by atoms with Crippen LogP contribution in [0.1, 0.15) is 47.7 Å². The first-order valence-electron chi connectivity index (χ1n) is 9.79. The summed E-state index contributed by atoms with van der Waals surface area (Å²) in [5.41, 5.74) is 2.41. The minimum atomic E-state index is -0.441. The molecular formula is C25H22O4. The van der Waals surface area contributed by atoms with Crippen LogP contribution in [0.4, 0.5) is 0 Å². The summed E-state index contributed by atoms with van der Waals surface area (Å²) in [5.74, 6) is 6.54. The molecule has 0 saturated heterocycles. The summed E-state index contributed by atoms with van der Waals surface area (Å²) < 4.78 is 11.4. The number of methoxy groups -OCH3 is 1. The molecule has 29 heavy (non-hydrogen) atoms. The number of hydrogen-bond donors (Lipinski definition) is 0. The van der Waals surface area contributed by atoms with Crippen LogP contribution < -0.4 is 4.74 Å². The molecule has 0 heterocycles. The second kappa shape index (κ2) is 7.97. The standard InChI is InChI=1S/C25H22O4/c1-3-7-16-10-13-20(21(14-16)28-2)22-23(26)18-11-12-19(15-18)24(22)29-25(27)17-8-5-4-6-9-17/h4-6,8-10,13-14,18-19H,11-12,15H2,1-2H3. The van der Waals surface area contributed by atoms with E-state index in [0.29, 0.717) is 28.2 Å². The van der Waals surface area contributed by atoms with Gasteiger partial charge in [-0.25, -0.2) is 4.79 Å². The second-order valence-electron chi connectivity index (χ2n) is 7.36. The van der Waals surface area contributed by atoms with Crippen LogP contribution in [0.15, 0.2) is 54.3 Å². The maximum atomic E-state index is 13.3. The van der Waals surface area contributed by atoms with Gasteiger partial charge in [-0.3, -0.25) is 4.79 Å². The third-order valence-corrected chi connectivity index (χ3v) is 5.62. The third-order valence-electron chi connectivity index (χ3n) is 5.62.